The lowest BCUT2D eigenvalue weighted by molar-refractivity contribution is -0.137. The highest BCUT2D eigenvalue weighted by molar-refractivity contribution is 6.18. The Hall–Kier alpha value is -0.900. The van der Waals surface area contributed by atoms with Gasteiger partial charge in [-0.25, -0.2) is 0 Å². The lowest BCUT2D eigenvalue weighted by atomic mass is 9.75. The van der Waals surface area contributed by atoms with Crippen molar-refractivity contribution in [3.8, 4) is 0 Å². The van der Waals surface area contributed by atoms with Crippen molar-refractivity contribution in [1.29, 1.82) is 0 Å². The van der Waals surface area contributed by atoms with Crippen LogP contribution in [-0.4, -0.2) is 12.4 Å². The molecule has 112 valence electrons. The first-order valence-electron chi connectivity index (χ1n) is 6.93. The molecule has 0 atom stereocenters. The van der Waals surface area contributed by atoms with Gasteiger partial charge in [0.2, 0.25) is 0 Å². The number of benzene rings is 1. The van der Waals surface area contributed by atoms with E-state index in [0.29, 0.717) is 12.4 Å². The Bertz CT molecular complexity index is 439. The maximum Gasteiger partial charge on any atom is 0.418 e. The van der Waals surface area contributed by atoms with Crippen LogP contribution in [0.25, 0.3) is 0 Å². The number of nitrogens with one attached hydrogen (secondary N) is 1. The van der Waals surface area contributed by atoms with E-state index in [-0.39, 0.29) is 11.1 Å². The van der Waals surface area contributed by atoms with Crippen LogP contribution in [0.2, 0.25) is 0 Å². The fraction of sp³-hybridized carbons (Fsp3) is 0.600. The predicted molar refractivity (Wildman–Crippen MR) is 76.2 cm³/mol. The van der Waals surface area contributed by atoms with Crippen LogP contribution >= 0.6 is 11.6 Å². The quantitative estimate of drug-likeness (QED) is 0.744. The van der Waals surface area contributed by atoms with Gasteiger partial charge in [-0.15, -0.1) is 11.6 Å². The van der Waals surface area contributed by atoms with Gasteiger partial charge in [-0.2, -0.15) is 13.2 Å². The van der Waals surface area contributed by atoms with Gasteiger partial charge >= 0.3 is 6.18 Å². The summed E-state index contributed by atoms with van der Waals surface area (Å²) in [5.74, 6) is 0.494. The van der Waals surface area contributed by atoms with Gasteiger partial charge in [0.25, 0.3) is 0 Å². The van der Waals surface area contributed by atoms with Gasteiger partial charge in [0.05, 0.1) is 5.56 Å². The summed E-state index contributed by atoms with van der Waals surface area (Å²) in [6, 6.07) is 5.61. The van der Waals surface area contributed by atoms with Crippen LogP contribution in [0.1, 0.15) is 37.7 Å². The van der Waals surface area contributed by atoms with Crippen molar-refractivity contribution >= 4 is 17.3 Å². The fourth-order valence-corrected chi connectivity index (χ4v) is 3.19. The minimum absolute atomic E-state index is 0.0709. The van der Waals surface area contributed by atoms with Crippen LogP contribution < -0.4 is 5.32 Å². The summed E-state index contributed by atoms with van der Waals surface area (Å²) < 4.78 is 38.8. The zero-order chi connectivity index (χ0) is 14.6. The summed E-state index contributed by atoms with van der Waals surface area (Å²) in [6.45, 7) is 0.504. The fourth-order valence-electron chi connectivity index (χ4n) is 2.83. The highest BCUT2D eigenvalue weighted by Gasteiger charge is 2.35. The molecule has 2 rings (SSSR count). The van der Waals surface area contributed by atoms with Crippen LogP contribution in [0.4, 0.5) is 18.9 Å². The average Bonchev–Trinajstić information content (AvgIpc) is 2.45. The number of rotatable bonds is 4. The largest absolute Gasteiger partial charge is 0.418 e. The first-order valence-corrected chi connectivity index (χ1v) is 7.46. The van der Waals surface area contributed by atoms with Crippen molar-refractivity contribution in [1.82, 2.24) is 0 Å². The van der Waals surface area contributed by atoms with Gasteiger partial charge in [0.15, 0.2) is 0 Å². The number of hydrogen-bond donors (Lipinski definition) is 1. The van der Waals surface area contributed by atoms with Gasteiger partial charge in [-0.3, -0.25) is 0 Å². The van der Waals surface area contributed by atoms with E-state index in [4.69, 9.17) is 11.6 Å². The topological polar surface area (TPSA) is 12.0 Å². The summed E-state index contributed by atoms with van der Waals surface area (Å²) in [5.41, 5.74) is -0.533. The zero-order valence-electron chi connectivity index (χ0n) is 11.3. The van der Waals surface area contributed by atoms with Crippen LogP contribution in [0.15, 0.2) is 24.3 Å². The Morgan fingerprint density at radius 2 is 1.75 bits per heavy atom. The molecule has 1 fully saturated rings. The van der Waals surface area contributed by atoms with E-state index >= 15 is 0 Å². The van der Waals surface area contributed by atoms with Gasteiger partial charge in [0, 0.05) is 23.5 Å². The Kier molecular flexibility index (Phi) is 4.84. The molecule has 1 aliphatic rings. The number of halogens is 4. The van der Waals surface area contributed by atoms with E-state index in [0.717, 1.165) is 31.7 Å². The van der Waals surface area contributed by atoms with Crippen LogP contribution in [-0.2, 0) is 6.18 Å². The molecule has 0 amide bonds. The summed E-state index contributed by atoms with van der Waals surface area (Å²) in [6.07, 6.45) is 1.04. The third kappa shape index (κ3) is 3.60. The number of anilines is 1. The van der Waals surface area contributed by atoms with E-state index in [1.54, 1.807) is 6.07 Å². The van der Waals surface area contributed by atoms with E-state index in [2.05, 4.69) is 5.32 Å². The van der Waals surface area contributed by atoms with Crippen LogP contribution in [0.3, 0.4) is 0 Å². The Morgan fingerprint density at radius 3 is 2.35 bits per heavy atom. The molecule has 1 aromatic rings. The third-order valence-electron chi connectivity index (χ3n) is 4.08. The second-order valence-corrected chi connectivity index (χ2v) is 5.86. The van der Waals surface area contributed by atoms with E-state index < -0.39 is 11.7 Å². The maximum absolute atomic E-state index is 12.9. The lowest BCUT2D eigenvalue weighted by Gasteiger charge is -2.36. The van der Waals surface area contributed by atoms with Crippen LogP contribution in [0.5, 0.6) is 0 Å². The molecule has 0 bridgehead atoms. The Morgan fingerprint density at radius 1 is 1.10 bits per heavy atom. The summed E-state index contributed by atoms with van der Waals surface area (Å²) in [7, 11) is 0. The normalized spacial score (nSPS) is 18.8. The molecular weight excluding hydrogens is 287 g/mol. The van der Waals surface area contributed by atoms with Gasteiger partial charge in [-0.1, -0.05) is 31.4 Å². The zero-order valence-corrected chi connectivity index (χ0v) is 12.0. The number of alkyl halides is 4. The van der Waals surface area contributed by atoms with Crippen molar-refractivity contribution < 1.29 is 13.2 Å². The van der Waals surface area contributed by atoms with Crippen molar-refractivity contribution in [2.24, 2.45) is 5.41 Å². The third-order valence-corrected chi connectivity index (χ3v) is 4.65. The second kappa shape index (κ2) is 6.25. The smallest absolute Gasteiger partial charge is 0.384 e. The molecule has 0 spiro atoms. The molecule has 0 radical (unpaired) electrons. The first kappa shape index (κ1) is 15.5. The number of hydrogen-bond acceptors (Lipinski definition) is 1. The van der Waals surface area contributed by atoms with Crippen molar-refractivity contribution in [2.75, 3.05) is 17.7 Å². The van der Waals surface area contributed by atoms with Crippen molar-refractivity contribution in [3.05, 3.63) is 29.8 Å². The molecule has 1 nitrogen and oxygen atoms in total. The van der Waals surface area contributed by atoms with E-state index in [1.807, 2.05) is 0 Å². The monoisotopic (exact) mass is 305 g/mol. The highest BCUT2D eigenvalue weighted by atomic mass is 35.5. The minimum Gasteiger partial charge on any atom is -0.384 e. The lowest BCUT2D eigenvalue weighted by Crippen LogP contribution is -2.34. The molecule has 0 saturated heterocycles. The van der Waals surface area contributed by atoms with Gasteiger partial charge in [0.1, 0.15) is 0 Å². The van der Waals surface area contributed by atoms with E-state index in [1.165, 1.54) is 18.6 Å². The van der Waals surface area contributed by atoms with Crippen LogP contribution in [0, 0.1) is 5.41 Å². The molecule has 0 unspecified atom stereocenters. The summed E-state index contributed by atoms with van der Waals surface area (Å²) in [5, 5.41) is 2.98. The number of para-hydroxylation sites is 1. The molecule has 1 aromatic carbocycles. The summed E-state index contributed by atoms with van der Waals surface area (Å²) >= 11 is 6.07. The van der Waals surface area contributed by atoms with Gasteiger partial charge < -0.3 is 5.32 Å². The molecular formula is C15H19ClF3N. The maximum atomic E-state index is 12.9. The average molecular weight is 306 g/mol. The molecule has 0 aromatic heterocycles. The second-order valence-electron chi connectivity index (χ2n) is 5.59. The Labute approximate surface area is 122 Å². The predicted octanol–water partition coefficient (Wildman–Crippen LogP) is 5.31. The molecule has 1 saturated carbocycles. The SMILES string of the molecule is FC(F)(F)c1ccccc1NCC1(CCl)CCCCC1. The molecule has 0 heterocycles. The van der Waals surface area contributed by atoms with E-state index in [9.17, 15) is 13.2 Å². The molecule has 1 aliphatic carbocycles. The van der Waals surface area contributed by atoms with Crippen molar-refractivity contribution in [2.45, 2.75) is 38.3 Å². The molecule has 1 N–H and O–H groups in total. The molecule has 5 heteroatoms. The molecule has 0 aliphatic heterocycles. The minimum atomic E-state index is -4.33. The molecule has 20 heavy (non-hydrogen) atoms. The van der Waals surface area contributed by atoms with Crippen molar-refractivity contribution in [3.63, 3.8) is 0 Å². The first-order chi connectivity index (χ1) is 9.47. The standard InChI is InChI=1S/C15H19ClF3N/c16-10-14(8-4-1-5-9-14)11-20-13-7-3-2-6-12(13)15(17,18)19/h2-3,6-7,20H,1,4-5,8-11H2. The Balaban J connectivity index is 2.10. The highest BCUT2D eigenvalue weighted by Crippen LogP contribution is 2.39. The summed E-state index contributed by atoms with van der Waals surface area (Å²) in [4.78, 5) is 0. The van der Waals surface area contributed by atoms with Gasteiger partial charge in [-0.05, 0) is 25.0 Å².